The molecule has 1 aliphatic heterocycles. The topological polar surface area (TPSA) is 41.6 Å². The lowest BCUT2D eigenvalue weighted by molar-refractivity contribution is -0.133. The van der Waals surface area contributed by atoms with Gasteiger partial charge in [0.2, 0.25) is 5.91 Å². The fourth-order valence-electron chi connectivity index (χ4n) is 1.80. The fourth-order valence-corrected chi connectivity index (χ4v) is 1.80. The van der Waals surface area contributed by atoms with Gasteiger partial charge < -0.3 is 9.64 Å². The Morgan fingerprint density at radius 3 is 2.80 bits per heavy atom. The van der Waals surface area contributed by atoms with Gasteiger partial charge in [0.05, 0.1) is 12.2 Å². The van der Waals surface area contributed by atoms with Gasteiger partial charge in [0.1, 0.15) is 0 Å². The maximum absolute atomic E-state index is 12.1. The van der Waals surface area contributed by atoms with Crippen molar-refractivity contribution in [3.05, 3.63) is 0 Å². The van der Waals surface area contributed by atoms with E-state index in [1.807, 2.05) is 18.7 Å². The van der Waals surface area contributed by atoms with Crippen molar-refractivity contribution in [3.63, 3.8) is 0 Å². The van der Waals surface area contributed by atoms with Crippen LogP contribution in [0.5, 0.6) is 0 Å². The van der Waals surface area contributed by atoms with Gasteiger partial charge in [0, 0.05) is 19.8 Å². The van der Waals surface area contributed by atoms with Crippen LogP contribution < -0.4 is 5.32 Å². The van der Waals surface area contributed by atoms with Crippen LogP contribution >= 0.6 is 0 Å². The molecule has 2 atom stereocenters. The van der Waals surface area contributed by atoms with Crippen molar-refractivity contribution in [1.82, 2.24) is 10.2 Å². The van der Waals surface area contributed by atoms with Gasteiger partial charge in [-0.25, -0.2) is 0 Å². The van der Waals surface area contributed by atoms with Crippen molar-refractivity contribution in [1.29, 1.82) is 0 Å². The molecule has 0 bridgehead atoms. The molecule has 1 fully saturated rings. The number of amides is 1. The highest BCUT2D eigenvalue weighted by atomic mass is 16.5. The first-order valence-corrected chi connectivity index (χ1v) is 5.60. The van der Waals surface area contributed by atoms with Gasteiger partial charge in [-0.1, -0.05) is 6.92 Å². The summed E-state index contributed by atoms with van der Waals surface area (Å²) < 4.78 is 5.03. The Morgan fingerprint density at radius 2 is 2.33 bits per heavy atom. The lowest BCUT2D eigenvalue weighted by Gasteiger charge is -2.25. The van der Waals surface area contributed by atoms with Crippen molar-refractivity contribution < 1.29 is 9.53 Å². The van der Waals surface area contributed by atoms with Crippen LogP contribution in [-0.4, -0.2) is 42.8 Å². The SMILES string of the molecule is CCC1(C)NCN(C(C)CCOC)C1=O. The van der Waals surface area contributed by atoms with Crippen LogP contribution in [-0.2, 0) is 9.53 Å². The molecule has 1 N–H and O–H groups in total. The van der Waals surface area contributed by atoms with E-state index in [1.165, 1.54) is 0 Å². The average Bonchev–Trinajstić information content (AvgIpc) is 2.53. The first kappa shape index (κ1) is 12.5. The van der Waals surface area contributed by atoms with Gasteiger partial charge in [-0.2, -0.15) is 0 Å². The van der Waals surface area contributed by atoms with E-state index in [-0.39, 0.29) is 17.5 Å². The van der Waals surface area contributed by atoms with Gasteiger partial charge in [0.25, 0.3) is 0 Å². The van der Waals surface area contributed by atoms with Crippen LogP contribution in [0, 0.1) is 0 Å². The molecule has 1 amide bonds. The third kappa shape index (κ3) is 2.49. The molecule has 0 aromatic carbocycles. The first-order valence-electron chi connectivity index (χ1n) is 5.60. The Hall–Kier alpha value is -0.610. The zero-order valence-corrected chi connectivity index (χ0v) is 10.2. The van der Waals surface area contributed by atoms with Gasteiger partial charge >= 0.3 is 0 Å². The average molecular weight is 214 g/mol. The van der Waals surface area contributed by atoms with Gasteiger partial charge in [-0.05, 0) is 26.7 Å². The summed E-state index contributed by atoms with van der Waals surface area (Å²) in [6.07, 6.45) is 1.73. The van der Waals surface area contributed by atoms with Crippen molar-refractivity contribution in [2.45, 2.75) is 45.2 Å². The Balaban J connectivity index is 2.55. The zero-order chi connectivity index (χ0) is 11.5. The van der Waals surface area contributed by atoms with E-state index < -0.39 is 0 Å². The summed E-state index contributed by atoms with van der Waals surface area (Å²) in [6.45, 7) is 7.44. The summed E-state index contributed by atoms with van der Waals surface area (Å²) in [6, 6.07) is 0.248. The van der Waals surface area contributed by atoms with Gasteiger partial charge in [-0.3, -0.25) is 10.1 Å². The van der Waals surface area contributed by atoms with Crippen LogP contribution in [0.25, 0.3) is 0 Å². The molecule has 1 saturated heterocycles. The van der Waals surface area contributed by atoms with E-state index in [4.69, 9.17) is 4.74 Å². The second-order valence-corrected chi connectivity index (χ2v) is 4.43. The lowest BCUT2D eigenvalue weighted by atomic mass is 9.99. The van der Waals surface area contributed by atoms with Crippen LogP contribution in [0.15, 0.2) is 0 Å². The van der Waals surface area contributed by atoms with E-state index in [2.05, 4.69) is 12.2 Å². The maximum Gasteiger partial charge on any atom is 0.243 e. The normalized spacial score (nSPS) is 28.5. The minimum atomic E-state index is -0.360. The number of methoxy groups -OCH3 is 1. The molecule has 0 aromatic heterocycles. The number of carbonyl (C=O) groups is 1. The number of nitrogens with one attached hydrogen (secondary N) is 1. The molecule has 0 saturated carbocycles. The quantitative estimate of drug-likeness (QED) is 0.741. The summed E-state index contributed by atoms with van der Waals surface area (Å²) in [5.41, 5.74) is -0.360. The second kappa shape index (κ2) is 4.94. The molecule has 88 valence electrons. The van der Waals surface area contributed by atoms with E-state index in [0.717, 1.165) is 12.8 Å². The van der Waals surface area contributed by atoms with E-state index >= 15 is 0 Å². The molecule has 1 rings (SSSR count). The third-order valence-corrected chi connectivity index (χ3v) is 3.35. The molecular formula is C11H22N2O2. The molecular weight excluding hydrogens is 192 g/mol. The number of carbonyl (C=O) groups excluding carboxylic acids is 1. The highest BCUT2D eigenvalue weighted by Crippen LogP contribution is 2.21. The van der Waals surface area contributed by atoms with Crippen molar-refractivity contribution in [2.75, 3.05) is 20.4 Å². The summed E-state index contributed by atoms with van der Waals surface area (Å²) in [4.78, 5) is 14.0. The largest absolute Gasteiger partial charge is 0.385 e. The summed E-state index contributed by atoms with van der Waals surface area (Å²) in [5.74, 6) is 0.216. The van der Waals surface area contributed by atoms with E-state index in [9.17, 15) is 4.79 Å². The molecule has 4 heteroatoms. The molecule has 1 heterocycles. The van der Waals surface area contributed by atoms with Crippen LogP contribution in [0.4, 0.5) is 0 Å². The van der Waals surface area contributed by atoms with Crippen molar-refractivity contribution in [2.24, 2.45) is 0 Å². The number of hydrogen-bond acceptors (Lipinski definition) is 3. The predicted octanol–water partition coefficient (Wildman–Crippen LogP) is 0.969. The number of ether oxygens (including phenoxy) is 1. The third-order valence-electron chi connectivity index (χ3n) is 3.35. The van der Waals surface area contributed by atoms with Crippen LogP contribution in [0.2, 0.25) is 0 Å². The van der Waals surface area contributed by atoms with E-state index in [1.54, 1.807) is 7.11 Å². The van der Waals surface area contributed by atoms with Crippen LogP contribution in [0.3, 0.4) is 0 Å². The minimum absolute atomic E-state index is 0.216. The van der Waals surface area contributed by atoms with Crippen LogP contribution in [0.1, 0.15) is 33.6 Å². The molecule has 0 radical (unpaired) electrons. The fraction of sp³-hybridized carbons (Fsp3) is 0.909. The Labute approximate surface area is 92.0 Å². The molecule has 0 aromatic rings. The monoisotopic (exact) mass is 214 g/mol. The summed E-state index contributed by atoms with van der Waals surface area (Å²) >= 11 is 0. The molecule has 0 spiro atoms. The molecule has 4 nitrogen and oxygen atoms in total. The summed E-state index contributed by atoms with van der Waals surface area (Å²) in [5, 5.41) is 3.28. The number of rotatable bonds is 5. The Kier molecular flexibility index (Phi) is 4.11. The highest BCUT2D eigenvalue weighted by Gasteiger charge is 2.42. The minimum Gasteiger partial charge on any atom is -0.385 e. The maximum atomic E-state index is 12.1. The van der Waals surface area contributed by atoms with E-state index in [0.29, 0.717) is 13.3 Å². The Bertz CT molecular complexity index is 233. The Morgan fingerprint density at radius 1 is 1.67 bits per heavy atom. The van der Waals surface area contributed by atoms with Gasteiger partial charge in [0.15, 0.2) is 0 Å². The van der Waals surface area contributed by atoms with Crippen molar-refractivity contribution >= 4 is 5.91 Å². The second-order valence-electron chi connectivity index (χ2n) is 4.43. The predicted molar refractivity (Wildman–Crippen MR) is 59.5 cm³/mol. The smallest absolute Gasteiger partial charge is 0.243 e. The standard InChI is InChI=1S/C11H22N2O2/c1-5-11(3)10(14)13(8-12-11)9(2)6-7-15-4/h9,12H,5-8H2,1-4H3. The zero-order valence-electron chi connectivity index (χ0n) is 10.2. The molecule has 15 heavy (non-hydrogen) atoms. The lowest BCUT2D eigenvalue weighted by Crippen LogP contribution is -2.44. The molecule has 1 aliphatic rings. The van der Waals surface area contributed by atoms with Crippen molar-refractivity contribution in [3.8, 4) is 0 Å². The molecule has 0 aliphatic carbocycles. The number of hydrogen-bond donors (Lipinski definition) is 1. The van der Waals surface area contributed by atoms with Gasteiger partial charge in [-0.15, -0.1) is 0 Å². The first-order chi connectivity index (χ1) is 7.05. The highest BCUT2D eigenvalue weighted by molar-refractivity contribution is 5.88. The summed E-state index contributed by atoms with van der Waals surface area (Å²) in [7, 11) is 1.69. The number of nitrogens with zero attached hydrogens (tertiary/aromatic N) is 1. The molecule has 2 unspecified atom stereocenters.